The Bertz CT molecular complexity index is 409. The molecule has 0 aliphatic rings. The molecule has 0 bridgehead atoms. The van der Waals surface area contributed by atoms with Crippen molar-refractivity contribution < 1.29 is 9.59 Å². The van der Waals surface area contributed by atoms with Gasteiger partial charge in [0.25, 0.3) is 0 Å². The monoisotopic (exact) mass is 260 g/mol. The number of nitrogens with two attached hydrogens (primary N) is 2. The van der Waals surface area contributed by atoms with Crippen LogP contribution >= 0.6 is 23.2 Å². The summed E-state index contributed by atoms with van der Waals surface area (Å²) < 4.78 is 0. The van der Waals surface area contributed by atoms with Gasteiger partial charge in [0.2, 0.25) is 0 Å². The lowest BCUT2D eigenvalue weighted by Gasteiger charge is -2.08. The maximum Gasteiger partial charge on any atom is 0.179 e. The first-order valence-corrected chi connectivity index (χ1v) is 5.45. The number of hydrogen-bond acceptors (Lipinski definition) is 4. The highest BCUT2D eigenvalue weighted by atomic mass is 35.5. The van der Waals surface area contributed by atoms with Gasteiger partial charge in [0.15, 0.2) is 11.6 Å². The van der Waals surface area contributed by atoms with Crippen LogP contribution in [0.3, 0.4) is 0 Å². The molecule has 4 nitrogen and oxygen atoms in total. The van der Waals surface area contributed by atoms with E-state index in [-0.39, 0.29) is 45.8 Å². The van der Waals surface area contributed by atoms with E-state index in [4.69, 9.17) is 34.7 Å². The summed E-state index contributed by atoms with van der Waals surface area (Å²) in [5.74, 6) is -1.13. The van der Waals surface area contributed by atoms with Crippen molar-refractivity contribution in [1.29, 1.82) is 0 Å². The molecular weight excluding hydrogens is 251 g/mol. The van der Waals surface area contributed by atoms with E-state index in [1.54, 1.807) is 0 Å². The standard InChI is InChI=1S/C10H10Cl2N2O2/c11-3-9(15)5-1-6(10(16)4-12)8(14)2-7(5)13/h1-2H,3-4,13-14H2. The summed E-state index contributed by atoms with van der Waals surface area (Å²) in [6.45, 7) is 0. The summed E-state index contributed by atoms with van der Waals surface area (Å²) in [5.41, 5.74) is 12.0. The highest BCUT2D eigenvalue weighted by Gasteiger charge is 2.15. The fourth-order valence-corrected chi connectivity index (χ4v) is 1.55. The second kappa shape index (κ2) is 5.18. The van der Waals surface area contributed by atoms with Gasteiger partial charge < -0.3 is 11.5 Å². The fraction of sp³-hybridized carbons (Fsp3) is 0.200. The zero-order valence-corrected chi connectivity index (χ0v) is 9.81. The summed E-state index contributed by atoms with van der Waals surface area (Å²) >= 11 is 10.8. The van der Waals surface area contributed by atoms with Crippen molar-refractivity contribution in [3.05, 3.63) is 23.3 Å². The predicted molar refractivity (Wildman–Crippen MR) is 65.4 cm³/mol. The summed E-state index contributed by atoms with van der Waals surface area (Å²) in [7, 11) is 0. The molecule has 0 saturated heterocycles. The first-order valence-electron chi connectivity index (χ1n) is 4.38. The van der Waals surface area contributed by atoms with E-state index in [0.29, 0.717) is 0 Å². The van der Waals surface area contributed by atoms with Gasteiger partial charge in [-0.3, -0.25) is 9.59 Å². The molecule has 0 aliphatic carbocycles. The Morgan fingerprint density at radius 1 is 0.938 bits per heavy atom. The van der Waals surface area contributed by atoms with Crippen molar-refractivity contribution in [3.63, 3.8) is 0 Å². The fourth-order valence-electron chi connectivity index (χ4n) is 1.26. The van der Waals surface area contributed by atoms with Gasteiger partial charge in [0, 0.05) is 22.5 Å². The maximum absolute atomic E-state index is 11.4. The first-order chi connectivity index (χ1) is 7.51. The number of benzene rings is 1. The highest BCUT2D eigenvalue weighted by Crippen LogP contribution is 2.22. The topological polar surface area (TPSA) is 86.2 Å². The number of carbonyl (C=O) groups excluding carboxylic acids is 2. The van der Waals surface area contributed by atoms with Crippen molar-refractivity contribution in [3.8, 4) is 0 Å². The summed E-state index contributed by atoms with van der Waals surface area (Å²) in [6.07, 6.45) is 0. The number of alkyl halides is 2. The lowest BCUT2D eigenvalue weighted by atomic mass is 10.0. The number of rotatable bonds is 4. The molecule has 16 heavy (non-hydrogen) atoms. The quantitative estimate of drug-likeness (QED) is 0.490. The average Bonchev–Trinajstić information content (AvgIpc) is 2.27. The van der Waals surface area contributed by atoms with Gasteiger partial charge >= 0.3 is 0 Å². The van der Waals surface area contributed by atoms with Crippen molar-refractivity contribution >= 4 is 46.1 Å². The molecule has 0 atom stereocenters. The van der Waals surface area contributed by atoms with E-state index in [1.807, 2.05) is 0 Å². The van der Waals surface area contributed by atoms with Crippen LogP contribution in [0, 0.1) is 0 Å². The summed E-state index contributed by atoms with van der Waals surface area (Å²) in [5, 5.41) is 0. The Morgan fingerprint density at radius 2 is 1.31 bits per heavy atom. The molecule has 0 unspecified atom stereocenters. The molecule has 0 saturated carbocycles. The predicted octanol–water partition coefficient (Wildman–Crippen LogP) is 1.69. The van der Waals surface area contributed by atoms with Gasteiger partial charge in [-0.1, -0.05) is 0 Å². The van der Waals surface area contributed by atoms with E-state index >= 15 is 0 Å². The number of ketones is 2. The van der Waals surface area contributed by atoms with Crippen LogP contribution in [0.1, 0.15) is 20.7 Å². The minimum absolute atomic E-state index is 0.192. The third kappa shape index (κ3) is 2.46. The molecule has 4 N–H and O–H groups in total. The highest BCUT2D eigenvalue weighted by molar-refractivity contribution is 6.32. The van der Waals surface area contributed by atoms with Gasteiger partial charge in [0.1, 0.15) is 0 Å². The lowest BCUT2D eigenvalue weighted by molar-refractivity contribution is 0.102. The second-order valence-electron chi connectivity index (χ2n) is 3.14. The van der Waals surface area contributed by atoms with E-state index in [9.17, 15) is 9.59 Å². The minimum atomic E-state index is -0.359. The molecule has 0 aromatic heterocycles. The molecular formula is C10H10Cl2N2O2. The van der Waals surface area contributed by atoms with Crippen LogP contribution in [0.2, 0.25) is 0 Å². The molecule has 0 amide bonds. The molecule has 6 heteroatoms. The Balaban J connectivity index is 3.32. The van der Waals surface area contributed by atoms with Crippen LogP contribution < -0.4 is 11.5 Å². The Morgan fingerprint density at radius 3 is 1.62 bits per heavy atom. The number of carbonyl (C=O) groups is 2. The van der Waals surface area contributed by atoms with Gasteiger partial charge in [-0.05, 0) is 12.1 Å². The number of hydrogen-bond donors (Lipinski definition) is 2. The molecule has 1 aromatic rings. The largest absolute Gasteiger partial charge is 0.398 e. The molecule has 0 heterocycles. The zero-order valence-electron chi connectivity index (χ0n) is 8.30. The number of Topliss-reactive ketones (excluding diaryl/α,β-unsaturated/α-hetero) is 2. The average molecular weight is 261 g/mol. The van der Waals surface area contributed by atoms with Gasteiger partial charge in [-0.2, -0.15) is 0 Å². The lowest BCUT2D eigenvalue weighted by Crippen LogP contribution is -2.11. The Hall–Kier alpha value is -1.26. The van der Waals surface area contributed by atoms with E-state index in [2.05, 4.69) is 0 Å². The smallest absolute Gasteiger partial charge is 0.179 e. The van der Waals surface area contributed by atoms with Crippen LogP contribution in [0.25, 0.3) is 0 Å². The summed E-state index contributed by atoms with van der Waals surface area (Å²) in [6, 6.07) is 2.69. The van der Waals surface area contributed by atoms with E-state index in [0.717, 1.165) is 0 Å². The van der Waals surface area contributed by atoms with E-state index < -0.39 is 0 Å². The molecule has 0 spiro atoms. The number of anilines is 2. The molecule has 86 valence electrons. The molecule has 1 aromatic carbocycles. The van der Waals surface area contributed by atoms with Crippen molar-refractivity contribution in [2.45, 2.75) is 0 Å². The zero-order chi connectivity index (χ0) is 12.3. The SMILES string of the molecule is Nc1cc(N)c(C(=O)CCl)cc1C(=O)CCl. The Kier molecular flexibility index (Phi) is 4.15. The van der Waals surface area contributed by atoms with Gasteiger partial charge in [0.05, 0.1) is 11.8 Å². The Labute approximate surface area is 103 Å². The van der Waals surface area contributed by atoms with Crippen molar-refractivity contribution in [1.82, 2.24) is 0 Å². The van der Waals surface area contributed by atoms with Gasteiger partial charge in [-0.15, -0.1) is 23.2 Å². The molecule has 1 rings (SSSR count). The maximum atomic E-state index is 11.4. The van der Waals surface area contributed by atoms with Crippen molar-refractivity contribution in [2.24, 2.45) is 0 Å². The third-order valence-electron chi connectivity index (χ3n) is 2.07. The second-order valence-corrected chi connectivity index (χ2v) is 3.67. The van der Waals surface area contributed by atoms with Crippen LogP contribution in [-0.2, 0) is 0 Å². The van der Waals surface area contributed by atoms with E-state index in [1.165, 1.54) is 12.1 Å². The number of nitrogen functional groups attached to an aromatic ring is 2. The molecule has 0 radical (unpaired) electrons. The van der Waals surface area contributed by atoms with Crippen LogP contribution in [0.5, 0.6) is 0 Å². The first kappa shape index (κ1) is 12.8. The van der Waals surface area contributed by atoms with Gasteiger partial charge in [-0.25, -0.2) is 0 Å². The van der Waals surface area contributed by atoms with Crippen LogP contribution in [-0.4, -0.2) is 23.3 Å². The minimum Gasteiger partial charge on any atom is -0.398 e. The molecule has 0 fully saturated rings. The normalized spacial score (nSPS) is 10.1. The van der Waals surface area contributed by atoms with Crippen LogP contribution in [0.4, 0.5) is 11.4 Å². The van der Waals surface area contributed by atoms with Crippen molar-refractivity contribution in [2.75, 3.05) is 23.2 Å². The van der Waals surface area contributed by atoms with Crippen LogP contribution in [0.15, 0.2) is 12.1 Å². The summed E-state index contributed by atoms with van der Waals surface area (Å²) in [4.78, 5) is 22.8. The third-order valence-corrected chi connectivity index (χ3v) is 2.55. The number of halogens is 2. The molecule has 0 aliphatic heterocycles.